The number of carboxylic acids is 1. The summed E-state index contributed by atoms with van der Waals surface area (Å²) >= 11 is 0. The second-order valence-electron chi connectivity index (χ2n) is 9.14. The first-order valence-electron chi connectivity index (χ1n) is 12.3. The van der Waals surface area contributed by atoms with Gasteiger partial charge in [-0.3, -0.25) is 9.36 Å². The fraction of sp³-hybridized carbons (Fsp3) is 0.407. The van der Waals surface area contributed by atoms with Gasteiger partial charge in [0.1, 0.15) is 29.7 Å². The largest absolute Gasteiger partial charge is 0.507 e. The predicted octanol–water partition coefficient (Wildman–Crippen LogP) is 4.35. The number of phenols is 1. The zero-order chi connectivity index (χ0) is 27.2. The summed E-state index contributed by atoms with van der Waals surface area (Å²) in [6, 6.07) is 7.60. The minimum Gasteiger partial charge on any atom is -0.507 e. The lowest BCUT2D eigenvalue weighted by Crippen LogP contribution is -2.35. The lowest BCUT2D eigenvalue weighted by atomic mass is 9.89. The van der Waals surface area contributed by atoms with Gasteiger partial charge in [-0.05, 0) is 56.9 Å². The molecule has 0 fully saturated rings. The highest BCUT2D eigenvalue weighted by Crippen LogP contribution is 2.43. The van der Waals surface area contributed by atoms with Crippen molar-refractivity contribution in [3.8, 4) is 11.5 Å². The van der Waals surface area contributed by atoms with Crippen molar-refractivity contribution in [2.45, 2.75) is 53.2 Å². The van der Waals surface area contributed by atoms with Gasteiger partial charge in [0.2, 0.25) is 0 Å². The zero-order valence-corrected chi connectivity index (χ0v) is 22.6. The van der Waals surface area contributed by atoms with Crippen LogP contribution in [0.2, 0.25) is 0 Å². The lowest BCUT2D eigenvalue weighted by molar-refractivity contribution is -0.138. The van der Waals surface area contributed by atoms with E-state index in [2.05, 4.69) is 10.4 Å². The van der Waals surface area contributed by atoms with E-state index in [9.17, 15) is 24.4 Å². The van der Waals surface area contributed by atoms with Crippen LogP contribution in [0.4, 0.5) is 0 Å². The molecule has 37 heavy (non-hydrogen) atoms. The third-order valence-corrected chi connectivity index (χ3v) is 8.50. The summed E-state index contributed by atoms with van der Waals surface area (Å²) in [6.07, 6.45) is 3.24. The number of esters is 1. The van der Waals surface area contributed by atoms with E-state index in [1.807, 2.05) is 26.8 Å². The SMILES string of the molecule is CCc1c(C)c2c(c(O)c1CC=C(C)CNCCP(=O)(N[C@@H](C)C(=O)O)Oc1ccccc1)C(=O)OC2. The average Bonchev–Trinajstić information content (AvgIpc) is 3.25. The van der Waals surface area contributed by atoms with E-state index in [-0.39, 0.29) is 24.1 Å². The van der Waals surface area contributed by atoms with E-state index in [1.165, 1.54) is 6.92 Å². The Kier molecular flexibility index (Phi) is 9.54. The monoisotopic (exact) mass is 530 g/mol. The standard InChI is InChI=1S/C27H35N2O7P/c1-5-21-18(3)23-16-35-27(33)24(23)25(30)22(21)12-11-17(2)15-28-13-14-37(34,29-19(4)26(31)32)36-20-9-7-6-8-10-20/h6-11,19,28,30H,5,12-16H2,1-4H3,(H,29,34)(H,31,32)/t19-,37?/m0/s1. The second-order valence-corrected chi connectivity index (χ2v) is 11.4. The summed E-state index contributed by atoms with van der Waals surface area (Å²) in [6.45, 7) is 8.34. The van der Waals surface area contributed by atoms with Gasteiger partial charge in [-0.25, -0.2) is 9.88 Å². The predicted molar refractivity (Wildman–Crippen MR) is 141 cm³/mol. The number of phenolic OH excluding ortho intramolecular Hbond substituents is 1. The molecular weight excluding hydrogens is 495 g/mol. The van der Waals surface area contributed by atoms with Gasteiger partial charge in [-0.2, -0.15) is 0 Å². The summed E-state index contributed by atoms with van der Waals surface area (Å²) in [4.78, 5) is 23.4. The van der Waals surface area contributed by atoms with Crippen LogP contribution in [0.1, 0.15) is 53.4 Å². The number of aliphatic carboxylic acids is 1. The summed E-state index contributed by atoms with van der Waals surface area (Å²) in [5, 5.41) is 25.9. The van der Waals surface area contributed by atoms with Gasteiger partial charge in [0.05, 0.1) is 6.16 Å². The van der Waals surface area contributed by atoms with Crippen molar-refractivity contribution in [1.82, 2.24) is 10.4 Å². The van der Waals surface area contributed by atoms with Crippen molar-refractivity contribution < 1.29 is 33.6 Å². The number of carboxylic acid groups (broad SMARTS) is 1. The maximum atomic E-state index is 13.4. The minimum atomic E-state index is -3.50. The molecule has 1 aliphatic rings. The van der Waals surface area contributed by atoms with Crippen molar-refractivity contribution in [1.29, 1.82) is 0 Å². The molecule has 0 aliphatic carbocycles. The van der Waals surface area contributed by atoms with Crippen LogP contribution in [-0.4, -0.2) is 47.4 Å². The first kappa shape index (κ1) is 28.4. The second kappa shape index (κ2) is 12.4. The van der Waals surface area contributed by atoms with Crippen LogP contribution in [0.3, 0.4) is 0 Å². The molecule has 0 saturated heterocycles. The molecule has 0 bridgehead atoms. The molecule has 9 nitrogen and oxygen atoms in total. The number of ether oxygens (including phenoxy) is 1. The van der Waals surface area contributed by atoms with E-state index >= 15 is 0 Å². The number of fused-ring (bicyclic) bond motifs is 1. The molecule has 200 valence electrons. The molecule has 2 aromatic rings. The normalized spacial score (nSPS) is 15.6. The first-order valence-corrected chi connectivity index (χ1v) is 14.1. The fourth-order valence-electron chi connectivity index (χ4n) is 4.34. The molecule has 1 unspecified atom stereocenters. The smallest absolute Gasteiger partial charge is 0.342 e. The van der Waals surface area contributed by atoms with Crippen LogP contribution < -0.4 is 14.9 Å². The Labute approximate surface area is 217 Å². The lowest BCUT2D eigenvalue weighted by Gasteiger charge is -2.23. The molecule has 0 saturated carbocycles. The Bertz CT molecular complexity index is 1230. The number of hydrogen-bond acceptors (Lipinski definition) is 7. The topological polar surface area (TPSA) is 134 Å². The summed E-state index contributed by atoms with van der Waals surface area (Å²) in [7, 11) is -3.50. The van der Waals surface area contributed by atoms with Crippen LogP contribution in [0.5, 0.6) is 11.5 Å². The first-order chi connectivity index (χ1) is 17.6. The highest BCUT2D eigenvalue weighted by Gasteiger charge is 2.31. The molecule has 0 amide bonds. The van der Waals surface area contributed by atoms with Gasteiger partial charge in [0, 0.05) is 24.2 Å². The number of allylic oxidation sites excluding steroid dienone is 1. The highest BCUT2D eigenvalue weighted by molar-refractivity contribution is 7.57. The van der Waals surface area contributed by atoms with Gasteiger partial charge in [-0.15, -0.1) is 0 Å². The van der Waals surface area contributed by atoms with Crippen LogP contribution in [0, 0.1) is 6.92 Å². The molecule has 2 atom stereocenters. The molecule has 1 heterocycles. The van der Waals surface area contributed by atoms with E-state index < -0.39 is 25.5 Å². The van der Waals surface area contributed by atoms with Crippen molar-refractivity contribution >= 4 is 19.5 Å². The molecule has 0 spiro atoms. The maximum Gasteiger partial charge on any atom is 0.342 e. The maximum absolute atomic E-state index is 13.4. The van der Waals surface area contributed by atoms with Gasteiger partial charge < -0.3 is 24.8 Å². The van der Waals surface area contributed by atoms with E-state index in [1.54, 1.807) is 30.3 Å². The molecule has 0 radical (unpaired) electrons. The third-order valence-electron chi connectivity index (χ3n) is 6.40. The molecular formula is C27H35N2O7P. The number of hydrogen-bond donors (Lipinski definition) is 4. The number of para-hydroxylation sites is 1. The van der Waals surface area contributed by atoms with Crippen molar-refractivity contribution in [3.05, 3.63) is 69.8 Å². The van der Waals surface area contributed by atoms with Gasteiger partial charge >= 0.3 is 19.5 Å². The van der Waals surface area contributed by atoms with Crippen LogP contribution in [0.15, 0.2) is 42.0 Å². The van der Waals surface area contributed by atoms with Gasteiger partial charge in [0.15, 0.2) is 0 Å². The van der Waals surface area contributed by atoms with E-state index in [4.69, 9.17) is 9.26 Å². The Morgan fingerprint density at radius 1 is 1.27 bits per heavy atom. The quantitative estimate of drug-likeness (QED) is 0.129. The summed E-state index contributed by atoms with van der Waals surface area (Å²) in [5.74, 6) is -1.22. The van der Waals surface area contributed by atoms with E-state index in [0.717, 1.165) is 34.2 Å². The number of carbonyl (C=O) groups excluding carboxylic acids is 1. The molecule has 10 heteroatoms. The third kappa shape index (κ3) is 7.01. The number of benzene rings is 2. The van der Waals surface area contributed by atoms with Crippen molar-refractivity contribution in [3.63, 3.8) is 0 Å². The minimum absolute atomic E-state index is 0.00502. The Morgan fingerprint density at radius 2 is 1.97 bits per heavy atom. The number of cyclic esters (lactones) is 1. The molecule has 0 aromatic heterocycles. The number of carbonyl (C=O) groups is 2. The summed E-state index contributed by atoms with van der Waals surface area (Å²) < 4.78 is 24.2. The molecule has 3 rings (SSSR count). The van der Waals surface area contributed by atoms with Crippen molar-refractivity contribution in [2.24, 2.45) is 0 Å². The zero-order valence-electron chi connectivity index (χ0n) is 21.7. The van der Waals surface area contributed by atoms with Gasteiger partial charge in [-0.1, -0.05) is 36.8 Å². The Hall–Kier alpha value is -3.13. The van der Waals surface area contributed by atoms with E-state index in [0.29, 0.717) is 25.3 Å². The number of aromatic hydroxyl groups is 1. The number of rotatable bonds is 13. The molecule has 4 N–H and O–H groups in total. The fourth-order valence-corrected chi connectivity index (χ4v) is 6.23. The number of nitrogens with one attached hydrogen (secondary N) is 2. The average molecular weight is 531 g/mol. The Morgan fingerprint density at radius 3 is 2.62 bits per heavy atom. The highest BCUT2D eigenvalue weighted by atomic mass is 31.2. The van der Waals surface area contributed by atoms with Crippen LogP contribution in [0.25, 0.3) is 0 Å². The van der Waals surface area contributed by atoms with Gasteiger partial charge in [0.25, 0.3) is 0 Å². The van der Waals surface area contributed by atoms with Crippen LogP contribution in [-0.2, 0) is 33.5 Å². The Balaban J connectivity index is 1.63. The summed E-state index contributed by atoms with van der Waals surface area (Å²) in [5.41, 5.74) is 4.75. The molecule has 2 aromatic carbocycles. The van der Waals surface area contributed by atoms with Crippen LogP contribution >= 0.6 is 7.52 Å². The molecule has 1 aliphatic heterocycles. The van der Waals surface area contributed by atoms with Crippen molar-refractivity contribution in [2.75, 3.05) is 19.3 Å².